The fourth-order valence-electron chi connectivity index (χ4n) is 2.17. The Morgan fingerprint density at radius 3 is 2.75 bits per heavy atom. The van der Waals surface area contributed by atoms with E-state index in [9.17, 15) is 0 Å². The Balaban J connectivity index is 2.24. The van der Waals surface area contributed by atoms with Gasteiger partial charge in [-0.15, -0.1) is 0 Å². The minimum absolute atomic E-state index is 0.499. The fourth-order valence-corrected chi connectivity index (χ4v) is 2.52. The Labute approximate surface area is 105 Å². The van der Waals surface area contributed by atoms with E-state index in [-0.39, 0.29) is 0 Å². The monoisotopic (exact) mass is 280 g/mol. The molecule has 1 aromatic carbocycles. The molecule has 2 rings (SSSR count). The molecule has 0 amide bonds. The normalized spacial score (nSPS) is 18.0. The lowest BCUT2D eigenvalue weighted by Gasteiger charge is -2.09. The standard InChI is InChI=1S/C13H17BrN2/c1-9-11(14)7-4-8-12(9)16-13(15)10-5-2-3-6-10/h4,7-8,10H,2-3,5-6H2,1H3,(H2,15,16). The summed E-state index contributed by atoms with van der Waals surface area (Å²) >= 11 is 3.51. The minimum Gasteiger partial charge on any atom is -0.387 e. The van der Waals surface area contributed by atoms with E-state index in [0.29, 0.717) is 5.92 Å². The van der Waals surface area contributed by atoms with Gasteiger partial charge in [0.1, 0.15) is 5.84 Å². The second-order valence-corrected chi connectivity index (χ2v) is 5.26. The topological polar surface area (TPSA) is 38.4 Å². The lowest BCUT2D eigenvalue weighted by Crippen LogP contribution is -2.20. The number of aliphatic imine (C=N–C) groups is 1. The Kier molecular flexibility index (Phi) is 3.64. The summed E-state index contributed by atoms with van der Waals surface area (Å²) in [5.41, 5.74) is 8.21. The molecule has 1 fully saturated rings. The highest BCUT2D eigenvalue weighted by atomic mass is 79.9. The van der Waals surface area contributed by atoms with Crippen LogP contribution in [0.3, 0.4) is 0 Å². The predicted molar refractivity (Wildman–Crippen MR) is 72.1 cm³/mol. The number of hydrogen-bond donors (Lipinski definition) is 1. The maximum atomic E-state index is 6.06. The van der Waals surface area contributed by atoms with Gasteiger partial charge in [-0.1, -0.05) is 34.8 Å². The summed E-state index contributed by atoms with van der Waals surface area (Å²) < 4.78 is 1.09. The molecule has 1 saturated carbocycles. The molecule has 0 aliphatic heterocycles. The largest absolute Gasteiger partial charge is 0.387 e. The second-order valence-electron chi connectivity index (χ2n) is 4.40. The molecule has 3 heteroatoms. The van der Waals surface area contributed by atoms with Crippen LogP contribution in [0.15, 0.2) is 27.7 Å². The predicted octanol–water partition coefficient (Wildman–Crippen LogP) is 3.94. The van der Waals surface area contributed by atoms with Gasteiger partial charge in [0.05, 0.1) is 5.69 Å². The third-order valence-corrected chi connectivity index (χ3v) is 4.12. The zero-order valence-corrected chi connectivity index (χ0v) is 11.1. The van der Waals surface area contributed by atoms with E-state index >= 15 is 0 Å². The van der Waals surface area contributed by atoms with Gasteiger partial charge < -0.3 is 5.73 Å². The number of nitrogens with two attached hydrogens (primary N) is 1. The molecular formula is C13H17BrN2. The summed E-state index contributed by atoms with van der Waals surface area (Å²) in [6.45, 7) is 2.06. The van der Waals surface area contributed by atoms with Crippen molar-refractivity contribution in [3.63, 3.8) is 0 Å². The lowest BCUT2D eigenvalue weighted by atomic mass is 10.1. The van der Waals surface area contributed by atoms with Gasteiger partial charge >= 0.3 is 0 Å². The molecule has 2 nitrogen and oxygen atoms in total. The van der Waals surface area contributed by atoms with Crippen molar-refractivity contribution >= 4 is 27.5 Å². The average Bonchev–Trinajstić information content (AvgIpc) is 2.78. The number of nitrogens with zero attached hydrogens (tertiary/aromatic N) is 1. The lowest BCUT2D eigenvalue weighted by molar-refractivity contribution is 0.722. The Morgan fingerprint density at radius 2 is 2.06 bits per heavy atom. The molecule has 0 bridgehead atoms. The van der Waals surface area contributed by atoms with Crippen LogP contribution in [0.5, 0.6) is 0 Å². The van der Waals surface area contributed by atoms with Crippen LogP contribution in [0.2, 0.25) is 0 Å². The molecule has 1 aliphatic carbocycles. The maximum Gasteiger partial charge on any atom is 0.103 e. The summed E-state index contributed by atoms with van der Waals surface area (Å²) in [6, 6.07) is 6.04. The van der Waals surface area contributed by atoms with Gasteiger partial charge in [-0.05, 0) is 37.5 Å². The first-order valence-electron chi connectivity index (χ1n) is 5.77. The molecule has 86 valence electrons. The SMILES string of the molecule is Cc1c(Br)cccc1N=C(N)C1CCCC1. The Bertz CT molecular complexity index is 406. The van der Waals surface area contributed by atoms with Gasteiger partial charge in [-0.2, -0.15) is 0 Å². The molecule has 0 spiro atoms. The van der Waals surface area contributed by atoms with Crippen LogP contribution in [-0.4, -0.2) is 5.84 Å². The molecule has 0 unspecified atom stereocenters. The summed E-state index contributed by atoms with van der Waals surface area (Å²) in [6.07, 6.45) is 4.97. The Morgan fingerprint density at radius 1 is 1.38 bits per heavy atom. The molecule has 2 N–H and O–H groups in total. The molecule has 0 aromatic heterocycles. The number of halogens is 1. The van der Waals surface area contributed by atoms with Gasteiger partial charge in [0.25, 0.3) is 0 Å². The van der Waals surface area contributed by atoms with Crippen molar-refractivity contribution in [3.8, 4) is 0 Å². The number of amidine groups is 1. The Hall–Kier alpha value is -0.830. The molecule has 16 heavy (non-hydrogen) atoms. The number of benzene rings is 1. The zero-order chi connectivity index (χ0) is 11.5. The van der Waals surface area contributed by atoms with E-state index in [4.69, 9.17) is 5.73 Å². The van der Waals surface area contributed by atoms with E-state index in [1.54, 1.807) is 0 Å². The quantitative estimate of drug-likeness (QED) is 0.647. The minimum atomic E-state index is 0.499. The zero-order valence-electron chi connectivity index (χ0n) is 9.54. The second kappa shape index (κ2) is 5.00. The first kappa shape index (κ1) is 11.6. The highest BCUT2D eigenvalue weighted by Crippen LogP contribution is 2.29. The highest BCUT2D eigenvalue weighted by molar-refractivity contribution is 9.10. The highest BCUT2D eigenvalue weighted by Gasteiger charge is 2.18. The van der Waals surface area contributed by atoms with Crippen LogP contribution in [0.4, 0.5) is 5.69 Å². The molecule has 0 heterocycles. The van der Waals surface area contributed by atoms with Crippen molar-refractivity contribution in [2.45, 2.75) is 32.6 Å². The maximum absolute atomic E-state index is 6.06. The van der Waals surface area contributed by atoms with Crippen LogP contribution >= 0.6 is 15.9 Å². The van der Waals surface area contributed by atoms with E-state index in [1.165, 1.54) is 25.7 Å². The van der Waals surface area contributed by atoms with Crippen molar-refractivity contribution in [3.05, 3.63) is 28.2 Å². The van der Waals surface area contributed by atoms with E-state index < -0.39 is 0 Å². The van der Waals surface area contributed by atoms with Crippen LogP contribution in [0.25, 0.3) is 0 Å². The number of hydrogen-bond acceptors (Lipinski definition) is 1. The summed E-state index contributed by atoms with van der Waals surface area (Å²) in [5, 5.41) is 0. The molecular weight excluding hydrogens is 264 g/mol. The third kappa shape index (κ3) is 2.46. The first-order chi connectivity index (χ1) is 7.68. The van der Waals surface area contributed by atoms with Crippen molar-refractivity contribution in [1.29, 1.82) is 0 Å². The fraction of sp³-hybridized carbons (Fsp3) is 0.462. The summed E-state index contributed by atoms with van der Waals surface area (Å²) in [5.74, 6) is 1.30. The molecule has 1 aliphatic rings. The summed E-state index contributed by atoms with van der Waals surface area (Å²) in [4.78, 5) is 4.57. The molecule has 0 atom stereocenters. The van der Waals surface area contributed by atoms with Gasteiger partial charge in [0, 0.05) is 10.4 Å². The molecule has 1 aromatic rings. The van der Waals surface area contributed by atoms with Crippen LogP contribution < -0.4 is 5.73 Å². The van der Waals surface area contributed by atoms with E-state index in [2.05, 4.69) is 27.8 Å². The van der Waals surface area contributed by atoms with E-state index in [1.807, 2.05) is 18.2 Å². The van der Waals surface area contributed by atoms with Crippen molar-refractivity contribution in [2.24, 2.45) is 16.6 Å². The molecule has 0 saturated heterocycles. The van der Waals surface area contributed by atoms with Crippen molar-refractivity contribution < 1.29 is 0 Å². The molecule has 0 radical (unpaired) electrons. The van der Waals surface area contributed by atoms with E-state index in [0.717, 1.165) is 21.6 Å². The van der Waals surface area contributed by atoms with Crippen LogP contribution in [0, 0.1) is 12.8 Å². The van der Waals surface area contributed by atoms with Crippen LogP contribution in [-0.2, 0) is 0 Å². The third-order valence-electron chi connectivity index (χ3n) is 3.26. The van der Waals surface area contributed by atoms with Gasteiger partial charge in [0.15, 0.2) is 0 Å². The van der Waals surface area contributed by atoms with Gasteiger partial charge in [0.2, 0.25) is 0 Å². The van der Waals surface area contributed by atoms with Gasteiger partial charge in [-0.25, -0.2) is 4.99 Å². The van der Waals surface area contributed by atoms with Crippen LogP contribution in [0.1, 0.15) is 31.2 Å². The number of rotatable bonds is 2. The summed E-state index contributed by atoms with van der Waals surface area (Å²) in [7, 11) is 0. The van der Waals surface area contributed by atoms with Crippen molar-refractivity contribution in [1.82, 2.24) is 0 Å². The average molecular weight is 281 g/mol. The van der Waals surface area contributed by atoms with Gasteiger partial charge in [-0.3, -0.25) is 0 Å². The van der Waals surface area contributed by atoms with Crippen molar-refractivity contribution in [2.75, 3.05) is 0 Å². The first-order valence-corrected chi connectivity index (χ1v) is 6.57. The smallest absolute Gasteiger partial charge is 0.103 e.